The lowest BCUT2D eigenvalue weighted by Gasteiger charge is -2.32. The van der Waals surface area contributed by atoms with Gasteiger partial charge >= 0.3 is 11.9 Å². The highest BCUT2D eigenvalue weighted by Gasteiger charge is 2.33. The van der Waals surface area contributed by atoms with Gasteiger partial charge in [-0.15, -0.1) is 0 Å². The monoisotopic (exact) mass is 249 g/mol. The molecular formula is C13H15NO4. The number of hydrogen-bond acceptors (Lipinski definition) is 4. The van der Waals surface area contributed by atoms with Crippen molar-refractivity contribution in [2.75, 3.05) is 13.7 Å². The molecule has 1 aliphatic heterocycles. The lowest BCUT2D eigenvalue weighted by Crippen LogP contribution is -2.50. The molecule has 1 amide bonds. The van der Waals surface area contributed by atoms with Crippen molar-refractivity contribution in [1.29, 1.82) is 0 Å². The van der Waals surface area contributed by atoms with E-state index in [-0.39, 0.29) is 12.6 Å². The molecule has 0 radical (unpaired) electrons. The average molecular weight is 249 g/mol. The largest absolute Gasteiger partial charge is 0.497 e. The van der Waals surface area contributed by atoms with E-state index in [4.69, 9.17) is 9.47 Å². The van der Waals surface area contributed by atoms with Crippen molar-refractivity contribution in [2.45, 2.75) is 19.5 Å². The normalized spacial score (nSPS) is 19.7. The minimum atomic E-state index is -0.776. The first-order chi connectivity index (χ1) is 8.61. The van der Waals surface area contributed by atoms with Crippen molar-refractivity contribution >= 4 is 11.9 Å². The highest BCUT2D eigenvalue weighted by Crippen LogP contribution is 2.16. The van der Waals surface area contributed by atoms with Crippen LogP contribution in [0.1, 0.15) is 12.5 Å². The van der Waals surface area contributed by atoms with Gasteiger partial charge < -0.3 is 14.4 Å². The SMILES string of the molecule is COc1ccc(CN2C(=O)C(=O)OC[C@@H]2C)cc1. The van der Waals surface area contributed by atoms with Crippen LogP contribution in [0.3, 0.4) is 0 Å². The number of rotatable bonds is 3. The Hall–Kier alpha value is -2.04. The molecular weight excluding hydrogens is 234 g/mol. The predicted molar refractivity (Wildman–Crippen MR) is 64.0 cm³/mol. The van der Waals surface area contributed by atoms with Gasteiger partial charge in [0.15, 0.2) is 0 Å². The number of ether oxygens (including phenoxy) is 2. The first-order valence-corrected chi connectivity index (χ1v) is 5.72. The van der Waals surface area contributed by atoms with Crippen LogP contribution in [-0.4, -0.2) is 36.5 Å². The number of carbonyl (C=O) groups is 2. The van der Waals surface area contributed by atoms with Gasteiger partial charge in [0.05, 0.1) is 13.2 Å². The van der Waals surface area contributed by atoms with Crippen LogP contribution >= 0.6 is 0 Å². The number of carbonyl (C=O) groups excluding carboxylic acids is 2. The van der Waals surface area contributed by atoms with Gasteiger partial charge in [0.2, 0.25) is 0 Å². The van der Waals surface area contributed by atoms with Crippen LogP contribution in [0, 0.1) is 0 Å². The zero-order chi connectivity index (χ0) is 13.1. The van der Waals surface area contributed by atoms with Crippen molar-refractivity contribution < 1.29 is 19.1 Å². The molecule has 18 heavy (non-hydrogen) atoms. The van der Waals surface area contributed by atoms with E-state index in [2.05, 4.69) is 0 Å². The zero-order valence-corrected chi connectivity index (χ0v) is 10.4. The fraction of sp³-hybridized carbons (Fsp3) is 0.385. The first kappa shape index (κ1) is 12.4. The fourth-order valence-corrected chi connectivity index (χ4v) is 1.82. The summed E-state index contributed by atoms with van der Waals surface area (Å²) in [7, 11) is 1.60. The molecule has 1 aromatic rings. The van der Waals surface area contributed by atoms with E-state index in [1.54, 1.807) is 7.11 Å². The van der Waals surface area contributed by atoms with Crippen molar-refractivity contribution in [3.63, 3.8) is 0 Å². The van der Waals surface area contributed by atoms with E-state index in [1.807, 2.05) is 31.2 Å². The van der Waals surface area contributed by atoms with Gasteiger partial charge in [0, 0.05) is 6.54 Å². The van der Waals surface area contributed by atoms with Gasteiger partial charge in [-0.3, -0.25) is 4.79 Å². The van der Waals surface area contributed by atoms with Crippen LogP contribution in [0.5, 0.6) is 5.75 Å². The van der Waals surface area contributed by atoms with Gasteiger partial charge in [-0.1, -0.05) is 12.1 Å². The molecule has 0 N–H and O–H groups in total. The summed E-state index contributed by atoms with van der Waals surface area (Å²) in [5.41, 5.74) is 0.950. The lowest BCUT2D eigenvalue weighted by molar-refractivity contribution is -0.170. The van der Waals surface area contributed by atoms with E-state index in [1.165, 1.54) is 4.90 Å². The van der Waals surface area contributed by atoms with Crippen molar-refractivity contribution in [3.05, 3.63) is 29.8 Å². The lowest BCUT2D eigenvalue weighted by atomic mass is 10.1. The molecule has 0 aromatic heterocycles. The fourth-order valence-electron chi connectivity index (χ4n) is 1.82. The van der Waals surface area contributed by atoms with E-state index in [9.17, 15) is 9.59 Å². The predicted octanol–water partition coefficient (Wildman–Crippen LogP) is 0.969. The highest BCUT2D eigenvalue weighted by atomic mass is 16.5. The Labute approximate surface area is 105 Å². The van der Waals surface area contributed by atoms with Gasteiger partial charge in [-0.25, -0.2) is 4.79 Å². The molecule has 0 saturated carbocycles. The molecule has 5 nitrogen and oxygen atoms in total. The van der Waals surface area contributed by atoms with Crippen LogP contribution < -0.4 is 4.74 Å². The summed E-state index contributed by atoms with van der Waals surface area (Å²) < 4.78 is 9.82. The molecule has 1 saturated heterocycles. The second-order valence-corrected chi connectivity index (χ2v) is 4.23. The van der Waals surface area contributed by atoms with Gasteiger partial charge in [-0.05, 0) is 24.6 Å². The molecule has 1 heterocycles. The number of hydrogen-bond donors (Lipinski definition) is 0. The third-order valence-electron chi connectivity index (χ3n) is 2.94. The topological polar surface area (TPSA) is 55.8 Å². The van der Waals surface area contributed by atoms with E-state index in [0.717, 1.165) is 11.3 Å². The minimum Gasteiger partial charge on any atom is -0.497 e. The van der Waals surface area contributed by atoms with E-state index >= 15 is 0 Å². The van der Waals surface area contributed by atoms with Crippen LogP contribution in [0.2, 0.25) is 0 Å². The van der Waals surface area contributed by atoms with Crippen LogP contribution in [0.4, 0.5) is 0 Å². The maximum absolute atomic E-state index is 11.7. The molecule has 1 atom stereocenters. The maximum atomic E-state index is 11.7. The summed E-state index contributed by atoms with van der Waals surface area (Å²) in [6.07, 6.45) is 0. The Bertz CT molecular complexity index is 455. The number of esters is 1. The van der Waals surface area contributed by atoms with E-state index in [0.29, 0.717) is 6.54 Å². The third kappa shape index (κ3) is 2.45. The molecule has 0 spiro atoms. The second-order valence-electron chi connectivity index (χ2n) is 4.23. The van der Waals surface area contributed by atoms with Crippen LogP contribution in [0.15, 0.2) is 24.3 Å². The number of benzene rings is 1. The van der Waals surface area contributed by atoms with Gasteiger partial charge in [0.25, 0.3) is 0 Å². The third-order valence-corrected chi connectivity index (χ3v) is 2.94. The number of amides is 1. The molecule has 0 unspecified atom stereocenters. The number of morpholine rings is 1. The Kier molecular flexibility index (Phi) is 3.50. The quantitative estimate of drug-likeness (QED) is 0.591. The summed E-state index contributed by atoms with van der Waals surface area (Å²) in [6, 6.07) is 7.30. The Morgan fingerprint density at radius 1 is 1.33 bits per heavy atom. The summed E-state index contributed by atoms with van der Waals surface area (Å²) in [4.78, 5) is 24.4. The maximum Gasteiger partial charge on any atom is 0.397 e. The summed E-state index contributed by atoms with van der Waals surface area (Å²) >= 11 is 0. The molecule has 1 fully saturated rings. The highest BCUT2D eigenvalue weighted by molar-refractivity contribution is 6.32. The first-order valence-electron chi connectivity index (χ1n) is 5.72. The average Bonchev–Trinajstić information content (AvgIpc) is 2.40. The number of nitrogens with zero attached hydrogens (tertiary/aromatic N) is 1. The molecule has 1 aromatic carbocycles. The summed E-state index contributed by atoms with van der Waals surface area (Å²) in [5.74, 6) is -0.595. The van der Waals surface area contributed by atoms with Crippen molar-refractivity contribution in [3.8, 4) is 5.75 Å². The Balaban J connectivity index is 2.11. The second kappa shape index (κ2) is 5.08. The van der Waals surface area contributed by atoms with Crippen molar-refractivity contribution in [2.24, 2.45) is 0 Å². The summed E-state index contributed by atoms with van der Waals surface area (Å²) in [6.45, 7) is 2.51. The number of cyclic esters (lactones) is 1. The molecule has 0 aliphatic carbocycles. The Morgan fingerprint density at radius 2 is 2.00 bits per heavy atom. The smallest absolute Gasteiger partial charge is 0.397 e. The Morgan fingerprint density at radius 3 is 2.61 bits per heavy atom. The van der Waals surface area contributed by atoms with Crippen LogP contribution in [0.25, 0.3) is 0 Å². The minimum absolute atomic E-state index is 0.0997. The molecule has 2 rings (SSSR count). The molecule has 0 bridgehead atoms. The van der Waals surface area contributed by atoms with Crippen molar-refractivity contribution in [1.82, 2.24) is 4.90 Å². The molecule has 1 aliphatic rings. The number of methoxy groups -OCH3 is 1. The molecule has 96 valence electrons. The standard InChI is InChI=1S/C13H15NO4/c1-9-8-18-13(16)12(15)14(9)7-10-3-5-11(17-2)6-4-10/h3-6,9H,7-8H2,1-2H3/t9-/m0/s1. The van der Waals surface area contributed by atoms with Gasteiger partial charge in [0.1, 0.15) is 12.4 Å². The molecule has 5 heteroatoms. The van der Waals surface area contributed by atoms with Crippen LogP contribution in [-0.2, 0) is 20.9 Å². The van der Waals surface area contributed by atoms with Gasteiger partial charge in [-0.2, -0.15) is 0 Å². The summed E-state index contributed by atoms with van der Waals surface area (Å²) in [5, 5.41) is 0. The zero-order valence-electron chi connectivity index (χ0n) is 10.4. The van der Waals surface area contributed by atoms with E-state index < -0.39 is 11.9 Å².